The molecule has 0 spiro atoms. The third kappa shape index (κ3) is 3.17. The van der Waals surface area contributed by atoms with Gasteiger partial charge in [-0.25, -0.2) is 4.79 Å². The predicted molar refractivity (Wildman–Crippen MR) is 66.7 cm³/mol. The normalized spacial score (nSPS) is 10.1. The quantitative estimate of drug-likeness (QED) is 0.369. The topological polar surface area (TPSA) is 69.4 Å². The van der Waals surface area contributed by atoms with Crippen LogP contribution in [0.3, 0.4) is 0 Å². The largest absolute Gasteiger partial charge is 0.462 e. The fraction of sp³-hybridized carbons (Fsp3) is 0.300. The Morgan fingerprint density at radius 2 is 2.24 bits per heavy atom. The number of hydrogen-bond donors (Lipinski definition) is 0. The number of carbonyl (C=O) groups is 1. The Morgan fingerprint density at radius 3 is 2.71 bits per heavy atom. The molecule has 0 N–H and O–H groups in total. The first-order valence-electron chi connectivity index (χ1n) is 4.71. The van der Waals surface area contributed by atoms with Crippen LogP contribution < -0.4 is 0 Å². The molecule has 0 saturated carbocycles. The van der Waals surface area contributed by atoms with Crippen molar-refractivity contribution in [1.29, 1.82) is 0 Å². The van der Waals surface area contributed by atoms with Crippen molar-refractivity contribution in [1.82, 2.24) is 0 Å². The molecule has 0 bridgehead atoms. The number of alkyl halides is 1. The van der Waals surface area contributed by atoms with Crippen molar-refractivity contribution in [2.75, 3.05) is 6.61 Å². The molecule has 0 aromatic heterocycles. The number of carbonyl (C=O) groups excluding carboxylic acids is 1. The van der Waals surface area contributed by atoms with Gasteiger partial charge in [0.2, 0.25) is 0 Å². The lowest BCUT2D eigenvalue weighted by Gasteiger charge is -2.07. The van der Waals surface area contributed by atoms with Crippen LogP contribution in [0.5, 0.6) is 0 Å². The zero-order valence-corrected chi connectivity index (χ0v) is 11.2. The smallest absolute Gasteiger partial charge is 0.339 e. The maximum Gasteiger partial charge on any atom is 0.339 e. The molecular weight excluding hydrogens is 313 g/mol. The molecule has 0 radical (unpaired) electrons. The molecule has 7 heteroatoms. The lowest BCUT2D eigenvalue weighted by Crippen LogP contribution is -2.07. The molecule has 0 aliphatic carbocycles. The highest BCUT2D eigenvalue weighted by molar-refractivity contribution is 9.08. The van der Waals surface area contributed by atoms with Gasteiger partial charge in [0.25, 0.3) is 5.69 Å². The summed E-state index contributed by atoms with van der Waals surface area (Å²) in [7, 11) is 0. The number of halogens is 2. The first kappa shape index (κ1) is 13.9. The van der Waals surface area contributed by atoms with Crippen LogP contribution in [0.2, 0.25) is 5.02 Å². The zero-order chi connectivity index (χ0) is 13.0. The van der Waals surface area contributed by atoms with E-state index in [1.807, 2.05) is 0 Å². The van der Waals surface area contributed by atoms with Crippen LogP contribution in [0.25, 0.3) is 0 Å². The lowest BCUT2D eigenvalue weighted by molar-refractivity contribution is -0.384. The van der Waals surface area contributed by atoms with Crippen molar-refractivity contribution in [3.63, 3.8) is 0 Å². The summed E-state index contributed by atoms with van der Waals surface area (Å²) in [6, 6.07) is 2.44. The number of nitro benzene ring substituents is 1. The van der Waals surface area contributed by atoms with Gasteiger partial charge in [-0.05, 0) is 12.5 Å². The van der Waals surface area contributed by atoms with E-state index in [2.05, 4.69) is 15.9 Å². The number of non-ortho nitro benzene ring substituents is 1. The van der Waals surface area contributed by atoms with Gasteiger partial charge in [-0.15, -0.1) is 0 Å². The molecule has 1 aromatic rings. The van der Waals surface area contributed by atoms with Gasteiger partial charge in [-0.3, -0.25) is 10.1 Å². The van der Waals surface area contributed by atoms with Gasteiger partial charge in [0, 0.05) is 17.5 Å². The summed E-state index contributed by atoms with van der Waals surface area (Å²) < 4.78 is 4.78. The van der Waals surface area contributed by atoms with Gasteiger partial charge in [0.15, 0.2) is 0 Å². The van der Waals surface area contributed by atoms with E-state index in [-0.39, 0.29) is 22.9 Å². The molecule has 1 rings (SSSR count). The van der Waals surface area contributed by atoms with Crippen molar-refractivity contribution in [3.05, 3.63) is 38.4 Å². The van der Waals surface area contributed by atoms with E-state index in [0.717, 1.165) is 6.07 Å². The first-order valence-corrected chi connectivity index (χ1v) is 6.21. The number of nitrogens with zero attached hydrogens (tertiary/aromatic N) is 1. The SMILES string of the molecule is CCOC(=O)c1cc([N+](=O)[O-])cc(CBr)c1Cl. The van der Waals surface area contributed by atoms with Crippen LogP contribution in [-0.4, -0.2) is 17.5 Å². The fourth-order valence-electron chi connectivity index (χ4n) is 1.23. The van der Waals surface area contributed by atoms with Crippen molar-refractivity contribution in [2.45, 2.75) is 12.3 Å². The van der Waals surface area contributed by atoms with Crippen molar-refractivity contribution >= 4 is 39.2 Å². The van der Waals surface area contributed by atoms with Crippen molar-refractivity contribution in [2.24, 2.45) is 0 Å². The Morgan fingerprint density at radius 1 is 1.59 bits per heavy atom. The highest BCUT2D eigenvalue weighted by Gasteiger charge is 2.20. The highest BCUT2D eigenvalue weighted by Crippen LogP contribution is 2.29. The van der Waals surface area contributed by atoms with Crippen LogP contribution in [0.4, 0.5) is 5.69 Å². The second-order valence-electron chi connectivity index (χ2n) is 3.08. The van der Waals surface area contributed by atoms with Crippen LogP contribution >= 0.6 is 27.5 Å². The molecule has 0 fully saturated rings. The van der Waals surface area contributed by atoms with Crippen LogP contribution in [-0.2, 0) is 10.1 Å². The van der Waals surface area contributed by atoms with Crippen LogP contribution in [0.1, 0.15) is 22.8 Å². The maximum absolute atomic E-state index is 11.6. The molecule has 5 nitrogen and oxygen atoms in total. The molecule has 1 aromatic carbocycles. The van der Waals surface area contributed by atoms with E-state index < -0.39 is 10.9 Å². The molecular formula is C10H9BrClNO4. The third-order valence-corrected chi connectivity index (χ3v) is 3.03. The number of benzene rings is 1. The van der Waals surface area contributed by atoms with Gasteiger partial charge < -0.3 is 4.74 Å². The Labute approximate surface area is 111 Å². The van der Waals surface area contributed by atoms with Gasteiger partial charge in [-0.1, -0.05) is 27.5 Å². The average molecular weight is 323 g/mol. The van der Waals surface area contributed by atoms with Gasteiger partial charge in [0.1, 0.15) is 0 Å². The van der Waals surface area contributed by atoms with E-state index in [9.17, 15) is 14.9 Å². The minimum Gasteiger partial charge on any atom is -0.462 e. The summed E-state index contributed by atoms with van der Waals surface area (Å²) in [6.45, 7) is 1.83. The molecule has 0 amide bonds. The molecule has 0 unspecified atom stereocenters. The molecule has 0 saturated heterocycles. The lowest BCUT2D eigenvalue weighted by atomic mass is 10.1. The zero-order valence-electron chi connectivity index (χ0n) is 8.91. The summed E-state index contributed by atoms with van der Waals surface area (Å²) in [5.74, 6) is -0.664. The second-order valence-corrected chi connectivity index (χ2v) is 4.02. The summed E-state index contributed by atoms with van der Waals surface area (Å²) in [6.07, 6.45) is 0. The van der Waals surface area contributed by atoms with Crippen LogP contribution in [0.15, 0.2) is 12.1 Å². The van der Waals surface area contributed by atoms with Crippen molar-refractivity contribution < 1.29 is 14.5 Å². The predicted octanol–water partition coefficient (Wildman–Crippen LogP) is 3.32. The summed E-state index contributed by atoms with van der Waals surface area (Å²) in [4.78, 5) is 21.7. The number of ether oxygens (including phenoxy) is 1. The minimum atomic E-state index is -0.664. The average Bonchev–Trinajstić information content (AvgIpc) is 2.29. The number of rotatable bonds is 4. The third-order valence-electron chi connectivity index (χ3n) is 1.98. The standard InChI is InChI=1S/C10H9BrClNO4/c1-2-17-10(14)8-4-7(13(15)16)3-6(5-11)9(8)12/h3-4H,2,5H2,1H3. The Bertz CT molecular complexity index is 464. The highest BCUT2D eigenvalue weighted by atomic mass is 79.9. The molecule has 0 atom stereocenters. The van der Waals surface area contributed by atoms with E-state index in [4.69, 9.17) is 16.3 Å². The monoisotopic (exact) mass is 321 g/mol. The van der Waals surface area contributed by atoms with E-state index in [1.54, 1.807) is 6.92 Å². The van der Waals surface area contributed by atoms with E-state index in [1.165, 1.54) is 6.07 Å². The van der Waals surface area contributed by atoms with E-state index >= 15 is 0 Å². The molecule has 0 aliphatic rings. The van der Waals surface area contributed by atoms with Crippen LogP contribution in [0, 0.1) is 10.1 Å². The summed E-state index contributed by atoms with van der Waals surface area (Å²) in [5, 5.41) is 11.2. The number of esters is 1. The maximum atomic E-state index is 11.6. The molecule has 0 aliphatic heterocycles. The molecule has 92 valence electrons. The van der Waals surface area contributed by atoms with Gasteiger partial charge in [-0.2, -0.15) is 0 Å². The first-order chi connectivity index (χ1) is 8.01. The minimum absolute atomic E-state index is 0.0113. The Balaban J connectivity index is 3.32. The van der Waals surface area contributed by atoms with Gasteiger partial charge >= 0.3 is 5.97 Å². The fourth-order valence-corrected chi connectivity index (χ4v) is 2.08. The molecule has 17 heavy (non-hydrogen) atoms. The second kappa shape index (κ2) is 5.97. The van der Waals surface area contributed by atoms with Gasteiger partial charge in [0.05, 0.1) is 22.1 Å². The summed E-state index contributed by atoms with van der Waals surface area (Å²) in [5.41, 5.74) is 0.299. The van der Waals surface area contributed by atoms with Crippen molar-refractivity contribution in [3.8, 4) is 0 Å². The Kier molecular flexibility index (Phi) is 4.89. The number of hydrogen-bond acceptors (Lipinski definition) is 4. The summed E-state index contributed by atoms with van der Waals surface area (Å²) >= 11 is 9.12. The Hall–Kier alpha value is -1.14. The number of nitro groups is 1. The van der Waals surface area contributed by atoms with E-state index in [0.29, 0.717) is 10.9 Å². The molecule has 0 heterocycles.